The second-order valence-corrected chi connectivity index (χ2v) is 9.47. The molecule has 3 aliphatic rings. The molecule has 1 spiro atoms. The molecule has 5 rings (SSSR count). The molecule has 1 aliphatic carbocycles. The highest BCUT2D eigenvalue weighted by Crippen LogP contribution is 2.37. The van der Waals surface area contributed by atoms with Gasteiger partial charge in [-0.3, -0.25) is 25.0 Å². The minimum Gasteiger partial charge on any atom is -0.336 e. The maximum atomic E-state index is 13.4. The number of carbonyl (C=O) groups is 2. The van der Waals surface area contributed by atoms with Crippen molar-refractivity contribution in [2.75, 3.05) is 18.0 Å². The van der Waals surface area contributed by atoms with E-state index in [0.717, 1.165) is 36.9 Å². The number of amidine groups is 1. The van der Waals surface area contributed by atoms with Crippen molar-refractivity contribution in [3.63, 3.8) is 0 Å². The standard InChI is InChI=1S/C26H31N5O2/c1-19-10-12-20(13-11-19)23(32)30-16-6-14-26(18-30)24(28-21-7-3-2-4-8-21)29-25(33)31(26)22-9-5-15-27-17-22/h5,9-13,15,17,21H,2-4,6-8,14,16,18H2,1H3,(H,28,29,33). The molecule has 0 radical (unpaired) electrons. The summed E-state index contributed by atoms with van der Waals surface area (Å²) in [6, 6.07) is 11.5. The third-order valence-electron chi connectivity index (χ3n) is 7.14. The van der Waals surface area contributed by atoms with Crippen molar-refractivity contribution in [3.8, 4) is 0 Å². The van der Waals surface area contributed by atoms with Crippen LogP contribution in [0.25, 0.3) is 0 Å². The first-order valence-electron chi connectivity index (χ1n) is 12.0. The van der Waals surface area contributed by atoms with Crippen LogP contribution in [0.3, 0.4) is 0 Å². The van der Waals surface area contributed by atoms with Gasteiger partial charge in [-0.25, -0.2) is 4.79 Å². The molecule has 172 valence electrons. The van der Waals surface area contributed by atoms with E-state index in [2.05, 4.69) is 10.3 Å². The van der Waals surface area contributed by atoms with Gasteiger partial charge in [0.1, 0.15) is 11.4 Å². The van der Waals surface area contributed by atoms with Crippen molar-refractivity contribution < 1.29 is 9.59 Å². The van der Waals surface area contributed by atoms with Crippen LogP contribution in [0.1, 0.15) is 60.9 Å². The average molecular weight is 446 g/mol. The number of aliphatic imine (C=N–C) groups is 1. The van der Waals surface area contributed by atoms with Crippen LogP contribution in [0, 0.1) is 6.92 Å². The van der Waals surface area contributed by atoms with Gasteiger partial charge in [-0.1, -0.05) is 37.0 Å². The summed E-state index contributed by atoms with van der Waals surface area (Å²) in [5.74, 6) is 0.709. The molecule has 1 aromatic heterocycles. The maximum Gasteiger partial charge on any atom is 0.328 e. The quantitative estimate of drug-likeness (QED) is 0.764. The number of carbonyl (C=O) groups excluding carboxylic acids is 2. The summed E-state index contributed by atoms with van der Waals surface area (Å²) in [5.41, 5.74) is 1.83. The molecule has 0 bridgehead atoms. The number of hydrogen-bond acceptors (Lipinski definition) is 4. The van der Waals surface area contributed by atoms with Gasteiger partial charge >= 0.3 is 6.03 Å². The number of rotatable bonds is 3. The van der Waals surface area contributed by atoms with E-state index in [1.165, 1.54) is 19.3 Å². The lowest BCUT2D eigenvalue weighted by Crippen LogP contribution is -2.61. The summed E-state index contributed by atoms with van der Waals surface area (Å²) in [5, 5.41) is 3.09. The first-order valence-corrected chi connectivity index (χ1v) is 12.0. The smallest absolute Gasteiger partial charge is 0.328 e. The SMILES string of the molecule is Cc1ccc(C(=O)N2CCCC3(C2)C(=NC2CCCCC2)NC(=O)N3c2cccnc2)cc1. The Morgan fingerprint density at radius 1 is 1.12 bits per heavy atom. The number of urea groups is 1. The van der Waals surface area contributed by atoms with Gasteiger partial charge < -0.3 is 4.90 Å². The first kappa shape index (κ1) is 21.6. The lowest BCUT2D eigenvalue weighted by molar-refractivity contribution is 0.0686. The van der Waals surface area contributed by atoms with Crippen molar-refractivity contribution in [1.82, 2.24) is 15.2 Å². The minimum atomic E-state index is -0.698. The lowest BCUT2D eigenvalue weighted by Gasteiger charge is -2.44. The molecule has 1 saturated carbocycles. The third kappa shape index (κ3) is 4.12. The summed E-state index contributed by atoms with van der Waals surface area (Å²) in [6.07, 6.45) is 10.7. The summed E-state index contributed by atoms with van der Waals surface area (Å²) < 4.78 is 0. The molecule has 3 amide bonds. The van der Waals surface area contributed by atoms with Crippen LogP contribution in [0.5, 0.6) is 0 Å². The number of likely N-dealkylation sites (tertiary alicyclic amines) is 1. The van der Waals surface area contributed by atoms with Gasteiger partial charge in [0, 0.05) is 18.3 Å². The molecule has 3 heterocycles. The Kier molecular flexibility index (Phi) is 5.87. The number of hydrogen-bond donors (Lipinski definition) is 1. The van der Waals surface area contributed by atoms with E-state index in [4.69, 9.17) is 4.99 Å². The maximum absolute atomic E-state index is 13.4. The first-order chi connectivity index (χ1) is 16.1. The summed E-state index contributed by atoms with van der Waals surface area (Å²) in [6.45, 7) is 3.10. The number of anilines is 1. The molecule has 7 nitrogen and oxygen atoms in total. The largest absolute Gasteiger partial charge is 0.336 e. The zero-order valence-electron chi connectivity index (χ0n) is 19.2. The summed E-state index contributed by atoms with van der Waals surface area (Å²) in [4.78, 5) is 39.7. The number of nitrogens with zero attached hydrogens (tertiary/aromatic N) is 4. The molecular formula is C26H31N5O2. The van der Waals surface area contributed by atoms with Gasteiger partial charge in [-0.15, -0.1) is 0 Å². The van der Waals surface area contributed by atoms with E-state index < -0.39 is 5.54 Å². The number of pyridine rings is 1. The Labute approximate surface area is 194 Å². The van der Waals surface area contributed by atoms with Crippen molar-refractivity contribution in [2.24, 2.45) is 4.99 Å². The molecule has 7 heteroatoms. The highest BCUT2D eigenvalue weighted by Gasteiger charge is 2.54. The van der Waals surface area contributed by atoms with Crippen molar-refractivity contribution in [1.29, 1.82) is 0 Å². The monoisotopic (exact) mass is 445 g/mol. The van der Waals surface area contributed by atoms with Crippen molar-refractivity contribution in [3.05, 3.63) is 59.9 Å². The van der Waals surface area contributed by atoms with Crippen LogP contribution in [-0.2, 0) is 0 Å². The van der Waals surface area contributed by atoms with Gasteiger partial charge in [0.2, 0.25) is 0 Å². The summed E-state index contributed by atoms with van der Waals surface area (Å²) in [7, 11) is 0. The molecule has 3 fully saturated rings. The second kappa shape index (κ2) is 8.96. The fourth-order valence-corrected chi connectivity index (χ4v) is 5.43. The molecular weight excluding hydrogens is 414 g/mol. The van der Waals surface area contributed by atoms with E-state index in [0.29, 0.717) is 24.5 Å². The van der Waals surface area contributed by atoms with Crippen LogP contribution in [0.4, 0.5) is 10.5 Å². The van der Waals surface area contributed by atoms with Gasteiger partial charge in [0.15, 0.2) is 0 Å². The zero-order chi connectivity index (χ0) is 22.8. The highest BCUT2D eigenvalue weighted by atomic mass is 16.2. The Hall–Kier alpha value is -3.22. The molecule has 1 atom stereocenters. The molecule has 1 unspecified atom stereocenters. The molecule has 1 aromatic carbocycles. The van der Waals surface area contributed by atoms with E-state index >= 15 is 0 Å². The molecule has 2 aliphatic heterocycles. The van der Waals surface area contributed by atoms with Crippen LogP contribution < -0.4 is 10.2 Å². The number of benzene rings is 1. The Bertz CT molecular complexity index is 1050. The molecule has 2 aromatic rings. The van der Waals surface area contributed by atoms with Crippen molar-refractivity contribution in [2.45, 2.75) is 63.5 Å². The van der Waals surface area contributed by atoms with Crippen LogP contribution in [0.15, 0.2) is 53.8 Å². The van der Waals surface area contributed by atoms with E-state index in [9.17, 15) is 9.59 Å². The number of amides is 3. The lowest BCUT2D eigenvalue weighted by atomic mass is 9.85. The minimum absolute atomic E-state index is 0.00317. The van der Waals surface area contributed by atoms with Gasteiger partial charge in [-0.2, -0.15) is 0 Å². The highest BCUT2D eigenvalue weighted by molar-refractivity contribution is 6.19. The Morgan fingerprint density at radius 2 is 1.91 bits per heavy atom. The van der Waals surface area contributed by atoms with Crippen molar-refractivity contribution >= 4 is 23.5 Å². The Balaban J connectivity index is 1.52. The Morgan fingerprint density at radius 3 is 2.64 bits per heavy atom. The summed E-state index contributed by atoms with van der Waals surface area (Å²) >= 11 is 0. The van der Waals surface area contributed by atoms with Crippen LogP contribution >= 0.6 is 0 Å². The van der Waals surface area contributed by atoms with Crippen LogP contribution in [-0.4, -0.2) is 52.3 Å². The van der Waals surface area contributed by atoms with E-state index in [1.54, 1.807) is 17.3 Å². The zero-order valence-corrected chi connectivity index (χ0v) is 19.2. The third-order valence-corrected chi connectivity index (χ3v) is 7.14. The van der Waals surface area contributed by atoms with Gasteiger partial charge in [-0.05, 0) is 56.9 Å². The van der Waals surface area contributed by atoms with Gasteiger partial charge in [0.05, 0.1) is 24.5 Å². The number of nitrogens with one attached hydrogen (secondary N) is 1. The average Bonchev–Trinajstić information content (AvgIpc) is 3.10. The molecule has 33 heavy (non-hydrogen) atoms. The second-order valence-electron chi connectivity index (χ2n) is 9.47. The predicted octanol–water partition coefficient (Wildman–Crippen LogP) is 4.33. The predicted molar refractivity (Wildman–Crippen MR) is 129 cm³/mol. The molecule has 1 N–H and O–H groups in total. The molecule has 2 saturated heterocycles. The fourth-order valence-electron chi connectivity index (χ4n) is 5.43. The van der Waals surface area contributed by atoms with E-state index in [1.807, 2.05) is 48.2 Å². The number of piperidine rings is 1. The van der Waals surface area contributed by atoms with E-state index in [-0.39, 0.29) is 18.0 Å². The fraction of sp³-hybridized carbons (Fsp3) is 0.462. The normalized spacial score (nSPS) is 25.0. The topological polar surface area (TPSA) is 77.9 Å². The van der Waals surface area contributed by atoms with Gasteiger partial charge in [0.25, 0.3) is 5.91 Å². The number of aromatic nitrogens is 1. The number of aryl methyl sites for hydroxylation is 1. The van der Waals surface area contributed by atoms with Crippen LogP contribution in [0.2, 0.25) is 0 Å².